The van der Waals surface area contributed by atoms with Crippen LogP contribution < -0.4 is 0 Å². The van der Waals surface area contributed by atoms with E-state index in [1.165, 1.54) is 5.57 Å². The van der Waals surface area contributed by atoms with Crippen LogP contribution in [0.15, 0.2) is 11.1 Å². The van der Waals surface area contributed by atoms with Crippen LogP contribution in [0.4, 0.5) is 0 Å². The van der Waals surface area contributed by atoms with E-state index in [1.807, 2.05) is 13.8 Å². The first-order valence-electron chi connectivity index (χ1n) is 4.45. The van der Waals surface area contributed by atoms with Crippen LogP contribution in [-0.4, -0.2) is 11.1 Å². The SMILES string of the molecule is CCC(C)=C(C)C#CCCC(=O)O. The third-order valence-corrected chi connectivity index (χ3v) is 1.91. The number of hydrogen-bond acceptors (Lipinski definition) is 1. The van der Waals surface area contributed by atoms with Crippen molar-refractivity contribution in [2.45, 2.75) is 40.0 Å². The van der Waals surface area contributed by atoms with Gasteiger partial charge in [-0.15, -0.1) is 0 Å². The minimum Gasteiger partial charge on any atom is -0.481 e. The number of rotatable bonds is 3. The van der Waals surface area contributed by atoms with Crippen molar-refractivity contribution in [2.75, 3.05) is 0 Å². The first-order valence-corrected chi connectivity index (χ1v) is 4.45. The predicted molar refractivity (Wildman–Crippen MR) is 53.3 cm³/mol. The Balaban J connectivity index is 4.03. The number of carboxylic acids is 1. The lowest BCUT2D eigenvalue weighted by Gasteiger charge is -1.95. The molecule has 1 N–H and O–H groups in total. The zero-order valence-electron chi connectivity index (χ0n) is 8.48. The summed E-state index contributed by atoms with van der Waals surface area (Å²) in [6.07, 6.45) is 1.56. The van der Waals surface area contributed by atoms with Crippen molar-refractivity contribution in [2.24, 2.45) is 0 Å². The normalized spacial score (nSPS) is 11.3. The summed E-state index contributed by atoms with van der Waals surface area (Å²) < 4.78 is 0. The average molecular weight is 180 g/mol. The number of allylic oxidation sites excluding steroid dienone is 2. The van der Waals surface area contributed by atoms with Gasteiger partial charge in [0.2, 0.25) is 0 Å². The van der Waals surface area contributed by atoms with Crippen molar-refractivity contribution in [3.63, 3.8) is 0 Å². The molecule has 0 bridgehead atoms. The standard InChI is InChI=1S/C11H16O2/c1-4-9(2)10(3)7-5-6-8-11(12)13/h4,6,8H2,1-3H3,(H,12,13). The number of carbonyl (C=O) groups is 1. The molecule has 0 aromatic rings. The largest absolute Gasteiger partial charge is 0.481 e. The molecule has 0 saturated heterocycles. The first kappa shape index (κ1) is 11.8. The average Bonchev–Trinajstić information content (AvgIpc) is 2.10. The van der Waals surface area contributed by atoms with Crippen LogP contribution >= 0.6 is 0 Å². The highest BCUT2D eigenvalue weighted by Crippen LogP contribution is 2.05. The van der Waals surface area contributed by atoms with Crippen molar-refractivity contribution in [1.82, 2.24) is 0 Å². The van der Waals surface area contributed by atoms with Crippen LogP contribution in [-0.2, 0) is 4.79 Å². The zero-order valence-corrected chi connectivity index (χ0v) is 8.48. The van der Waals surface area contributed by atoms with Gasteiger partial charge in [0.15, 0.2) is 0 Å². The molecule has 0 radical (unpaired) electrons. The maximum atomic E-state index is 10.2. The molecule has 13 heavy (non-hydrogen) atoms. The van der Waals surface area contributed by atoms with Crippen LogP contribution in [0.25, 0.3) is 0 Å². The highest BCUT2D eigenvalue weighted by molar-refractivity contribution is 5.67. The fourth-order valence-electron chi connectivity index (χ4n) is 0.736. The molecule has 0 unspecified atom stereocenters. The summed E-state index contributed by atoms with van der Waals surface area (Å²) in [6.45, 7) is 6.09. The van der Waals surface area contributed by atoms with Gasteiger partial charge < -0.3 is 5.11 Å². The second-order valence-corrected chi connectivity index (χ2v) is 2.95. The molecule has 2 nitrogen and oxygen atoms in total. The van der Waals surface area contributed by atoms with Gasteiger partial charge in [-0.25, -0.2) is 0 Å². The van der Waals surface area contributed by atoms with Crippen LogP contribution in [0, 0.1) is 11.8 Å². The van der Waals surface area contributed by atoms with Crippen LogP contribution in [0.1, 0.15) is 40.0 Å². The van der Waals surface area contributed by atoms with Gasteiger partial charge in [-0.3, -0.25) is 4.79 Å². The second-order valence-electron chi connectivity index (χ2n) is 2.95. The maximum Gasteiger partial charge on any atom is 0.304 e. The van der Waals surface area contributed by atoms with Gasteiger partial charge in [0.25, 0.3) is 0 Å². The minimum atomic E-state index is -0.789. The molecular weight excluding hydrogens is 164 g/mol. The summed E-state index contributed by atoms with van der Waals surface area (Å²) in [5, 5.41) is 8.35. The minimum absolute atomic E-state index is 0.130. The Morgan fingerprint density at radius 3 is 2.46 bits per heavy atom. The van der Waals surface area contributed by atoms with Gasteiger partial charge in [0.1, 0.15) is 0 Å². The lowest BCUT2D eigenvalue weighted by atomic mass is 10.1. The Labute approximate surface area is 79.7 Å². The molecule has 0 fully saturated rings. The van der Waals surface area contributed by atoms with Gasteiger partial charge in [0, 0.05) is 6.42 Å². The van der Waals surface area contributed by atoms with E-state index in [4.69, 9.17) is 5.11 Å². The molecule has 0 amide bonds. The molecule has 0 aliphatic carbocycles. The van der Waals surface area contributed by atoms with E-state index in [0.717, 1.165) is 12.0 Å². The van der Waals surface area contributed by atoms with Crippen molar-refractivity contribution >= 4 is 5.97 Å². The van der Waals surface area contributed by atoms with Gasteiger partial charge in [0.05, 0.1) is 6.42 Å². The summed E-state index contributed by atoms with van der Waals surface area (Å²) in [5.41, 5.74) is 2.33. The van der Waals surface area contributed by atoms with Crippen LogP contribution in [0.3, 0.4) is 0 Å². The van der Waals surface area contributed by atoms with Crippen molar-refractivity contribution in [3.05, 3.63) is 11.1 Å². The van der Waals surface area contributed by atoms with Gasteiger partial charge in [-0.05, 0) is 25.8 Å². The van der Waals surface area contributed by atoms with E-state index < -0.39 is 5.97 Å². The fourth-order valence-corrected chi connectivity index (χ4v) is 0.736. The molecule has 0 atom stereocenters. The Morgan fingerprint density at radius 2 is 2.00 bits per heavy atom. The molecule has 0 saturated carbocycles. The van der Waals surface area contributed by atoms with Crippen LogP contribution in [0.5, 0.6) is 0 Å². The maximum absolute atomic E-state index is 10.2. The molecular formula is C11H16O2. The Bertz CT molecular complexity index is 264. The summed E-state index contributed by atoms with van der Waals surface area (Å²) in [6, 6.07) is 0. The lowest BCUT2D eigenvalue weighted by molar-refractivity contribution is -0.136. The summed E-state index contributed by atoms with van der Waals surface area (Å²) in [5.74, 6) is 5.01. The highest BCUT2D eigenvalue weighted by atomic mass is 16.4. The van der Waals surface area contributed by atoms with E-state index >= 15 is 0 Å². The number of hydrogen-bond donors (Lipinski definition) is 1. The summed E-state index contributed by atoms with van der Waals surface area (Å²) >= 11 is 0. The fraction of sp³-hybridized carbons (Fsp3) is 0.545. The molecule has 0 aromatic carbocycles. The third kappa shape index (κ3) is 5.98. The Morgan fingerprint density at radius 1 is 1.38 bits per heavy atom. The second kappa shape index (κ2) is 6.30. The smallest absolute Gasteiger partial charge is 0.304 e. The van der Waals surface area contributed by atoms with Gasteiger partial charge in [-0.1, -0.05) is 24.3 Å². The number of carboxylic acid groups (broad SMARTS) is 1. The van der Waals surface area contributed by atoms with E-state index in [-0.39, 0.29) is 6.42 Å². The Kier molecular flexibility index (Phi) is 5.71. The lowest BCUT2D eigenvalue weighted by Crippen LogP contribution is -1.91. The van der Waals surface area contributed by atoms with Crippen LogP contribution in [0.2, 0.25) is 0 Å². The topological polar surface area (TPSA) is 37.3 Å². The molecule has 0 aliphatic heterocycles. The molecule has 2 heteroatoms. The van der Waals surface area contributed by atoms with Gasteiger partial charge >= 0.3 is 5.97 Å². The van der Waals surface area contributed by atoms with Gasteiger partial charge in [-0.2, -0.15) is 0 Å². The molecule has 0 aliphatic rings. The summed E-state index contributed by atoms with van der Waals surface area (Å²) in [4.78, 5) is 10.2. The summed E-state index contributed by atoms with van der Waals surface area (Å²) in [7, 11) is 0. The zero-order chi connectivity index (χ0) is 10.3. The quantitative estimate of drug-likeness (QED) is 0.678. The monoisotopic (exact) mass is 180 g/mol. The van der Waals surface area contributed by atoms with E-state index in [1.54, 1.807) is 0 Å². The highest BCUT2D eigenvalue weighted by Gasteiger charge is 1.92. The van der Waals surface area contributed by atoms with Crippen molar-refractivity contribution in [1.29, 1.82) is 0 Å². The molecule has 72 valence electrons. The van der Waals surface area contributed by atoms with E-state index in [2.05, 4.69) is 18.8 Å². The molecule has 0 heterocycles. The molecule has 0 aromatic heterocycles. The van der Waals surface area contributed by atoms with E-state index in [9.17, 15) is 4.79 Å². The first-order chi connectivity index (χ1) is 6.07. The van der Waals surface area contributed by atoms with Crippen molar-refractivity contribution < 1.29 is 9.90 Å². The number of aliphatic carboxylic acids is 1. The third-order valence-electron chi connectivity index (χ3n) is 1.91. The molecule has 0 spiro atoms. The molecule has 0 rings (SSSR count). The van der Waals surface area contributed by atoms with E-state index in [0.29, 0.717) is 6.42 Å². The predicted octanol–water partition coefficient (Wildman–Crippen LogP) is 2.60. The van der Waals surface area contributed by atoms with Crippen molar-refractivity contribution in [3.8, 4) is 11.8 Å². The Hall–Kier alpha value is -1.23.